The summed E-state index contributed by atoms with van der Waals surface area (Å²) in [6.07, 6.45) is 10.7. The molecule has 4 rings (SSSR count). The van der Waals surface area contributed by atoms with Crippen LogP contribution in [0.4, 0.5) is 5.95 Å². The fourth-order valence-electron chi connectivity index (χ4n) is 4.26. The van der Waals surface area contributed by atoms with E-state index >= 15 is 0 Å². The van der Waals surface area contributed by atoms with Crippen LogP contribution >= 0.6 is 0 Å². The zero-order valence-electron chi connectivity index (χ0n) is 14.9. The number of carbonyl (C=O) groups excluding carboxylic acids is 1. The quantitative estimate of drug-likeness (QED) is 0.912. The van der Waals surface area contributed by atoms with E-state index in [1.165, 1.54) is 19.3 Å². The third-order valence-corrected chi connectivity index (χ3v) is 5.76. The molecule has 0 aromatic carbocycles. The van der Waals surface area contributed by atoms with E-state index in [1.807, 2.05) is 6.20 Å². The van der Waals surface area contributed by atoms with Gasteiger partial charge in [-0.3, -0.25) is 4.79 Å². The van der Waals surface area contributed by atoms with Crippen LogP contribution in [0.15, 0.2) is 6.20 Å². The Kier molecular flexibility index (Phi) is 5.15. The number of hydrogen-bond donors (Lipinski definition) is 1. The Hall–Kier alpha value is -1.69. The highest BCUT2D eigenvalue weighted by molar-refractivity contribution is 5.79. The van der Waals surface area contributed by atoms with Crippen molar-refractivity contribution in [2.75, 3.05) is 31.2 Å². The monoisotopic (exact) mass is 344 g/mol. The maximum Gasteiger partial charge on any atom is 0.225 e. The van der Waals surface area contributed by atoms with Crippen molar-refractivity contribution in [1.82, 2.24) is 15.3 Å². The molecule has 1 amide bonds. The lowest BCUT2D eigenvalue weighted by Crippen LogP contribution is -2.38. The van der Waals surface area contributed by atoms with Crippen LogP contribution in [0.5, 0.6) is 0 Å². The minimum Gasteiger partial charge on any atom is -0.378 e. The lowest BCUT2D eigenvalue weighted by atomic mass is 9.87. The summed E-state index contributed by atoms with van der Waals surface area (Å²) in [5, 5.41) is 3.29. The van der Waals surface area contributed by atoms with Crippen molar-refractivity contribution in [3.05, 3.63) is 17.5 Å². The number of nitrogens with one attached hydrogen (secondary N) is 1. The Bertz CT molecular complexity index is 609. The zero-order chi connectivity index (χ0) is 17.1. The van der Waals surface area contributed by atoms with Gasteiger partial charge in [0.15, 0.2) is 0 Å². The second-order valence-electron chi connectivity index (χ2n) is 7.46. The molecule has 3 aliphatic rings. The largest absolute Gasteiger partial charge is 0.378 e. The summed E-state index contributed by atoms with van der Waals surface area (Å²) in [6, 6.07) is 0.0805. The third-order valence-electron chi connectivity index (χ3n) is 5.76. The Morgan fingerprint density at radius 2 is 1.92 bits per heavy atom. The molecule has 6 heteroatoms. The van der Waals surface area contributed by atoms with E-state index in [4.69, 9.17) is 9.72 Å². The van der Waals surface area contributed by atoms with Gasteiger partial charge in [0.1, 0.15) is 0 Å². The van der Waals surface area contributed by atoms with Crippen LogP contribution in [-0.4, -0.2) is 42.2 Å². The van der Waals surface area contributed by atoms with Crippen molar-refractivity contribution in [2.24, 2.45) is 5.92 Å². The number of morpholine rings is 1. The molecule has 0 bridgehead atoms. The predicted octanol–water partition coefficient (Wildman–Crippen LogP) is 2.39. The molecule has 1 N–H and O–H groups in total. The molecule has 0 spiro atoms. The first-order chi connectivity index (χ1) is 12.3. The average molecular weight is 344 g/mol. The van der Waals surface area contributed by atoms with Gasteiger partial charge in [0.2, 0.25) is 11.9 Å². The number of aromatic nitrogens is 2. The van der Waals surface area contributed by atoms with E-state index in [-0.39, 0.29) is 17.9 Å². The van der Waals surface area contributed by atoms with Crippen molar-refractivity contribution in [3.8, 4) is 0 Å². The number of aryl methyl sites for hydroxylation is 1. The molecule has 25 heavy (non-hydrogen) atoms. The first-order valence-electron chi connectivity index (χ1n) is 9.80. The standard InChI is InChI=1S/C19H28N4O2/c24-18(14-5-2-1-3-6-14)21-16-7-4-8-17-15(16)13-20-19(22-17)23-9-11-25-12-10-23/h13-14,16H,1-12H2,(H,21,24)/t16-/m1/s1. The molecule has 1 atom stereocenters. The molecule has 2 aliphatic carbocycles. The van der Waals surface area contributed by atoms with E-state index in [9.17, 15) is 4.79 Å². The van der Waals surface area contributed by atoms with Crippen LogP contribution in [0.2, 0.25) is 0 Å². The molecular weight excluding hydrogens is 316 g/mol. The van der Waals surface area contributed by atoms with Crippen molar-refractivity contribution in [3.63, 3.8) is 0 Å². The zero-order valence-corrected chi connectivity index (χ0v) is 14.9. The van der Waals surface area contributed by atoms with Crippen LogP contribution in [0.25, 0.3) is 0 Å². The minimum atomic E-state index is 0.0805. The van der Waals surface area contributed by atoms with Gasteiger partial charge in [-0.2, -0.15) is 0 Å². The number of hydrogen-bond acceptors (Lipinski definition) is 5. The topological polar surface area (TPSA) is 67.4 Å². The van der Waals surface area contributed by atoms with Gasteiger partial charge in [-0.15, -0.1) is 0 Å². The molecule has 1 saturated carbocycles. The highest BCUT2D eigenvalue weighted by atomic mass is 16.5. The average Bonchev–Trinajstić information content (AvgIpc) is 2.69. The Morgan fingerprint density at radius 1 is 1.12 bits per heavy atom. The van der Waals surface area contributed by atoms with Crippen LogP contribution < -0.4 is 10.2 Å². The van der Waals surface area contributed by atoms with Crippen LogP contribution in [0.1, 0.15) is 62.2 Å². The molecule has 0 radical (unpaired) electrons. The molecule has 2 heterocycles. The van der Waals surface area contributed by atoms with Gasteiger partial charge in [-0.1, -0.05) is 19.3 Å². The van der Waals surface area contributed by atoms with E-state index < -0.39 is 0 Å². The summed E-state index contributed by atoms with van der Waals surface area (Å²) < 4.78 is 5.41. The fraction of sp³-hybridized carbons (Fsp3) is 0.737. The summed E-state index contributed by atoms with van der Waals surface area (Å²) in [5.74, 6) is 1.24. The van der Waals surface area contributed by atoms with Gasteiger partial charge in [-0.05, 0) is 32.1 Å². The van der Waals surface area contributed by atoms with Gasteiger partial charge in [0.05, 0.1) is 24.9 Å². The number of amides is 1. The second kappa shape index (κ2) is 7.68. The van der Waals surface area contributed by atoms with E-state index in [0.29, 0.717) is 0 Å². The highest BCUT2D eigenvalue weighted by Gasteiger charge is 2.28. The fourth-order valence-corrected chi connectivity index (χ4v) is 4.26. The van der Waals surface area contributed by atoms with Crippen molar-refractivity contribution < 1.29 is 9.53 Å². The normalized spacial score (nSPS) is 24.6. The molecule has 1 saturated heterocycles. The lowest BCUT2D eigenvalue weighted by Gasteiger charge is -2.30. The number of carbonyl (C=O) groups is 1. The van der Waals surface area contributed by atoms with Crippen LogP contribution in [0.3, 0.4) is 0 Å². The van der Waals surface area contributed by atoms with Gasteiger partial charge in [0, 0.05) is 30.8 Å². The molecule has 1 aliphatic heterocycles. The number of rotatable bonds is 3. The Morgan fingerprint density at radius 3 is 2.72 bits per heavy atom. The van der Waals surface area contributed by atoms with E-state index in [2.05, 4.69) is 15.2 Å². The summed E-state index contributed by atoms with van der Waals surface area (Å²) in [4.78, 5) is 24.2. The van der Waals surface area contributed by atoms with E-state index in [0.717, 1.165) is 75.6 Å². The first-order valence-corrected chi connectivity index (χ1v) is 9.80. The van der Waals surface area contributed by atoms with Crippen molar-refractivity contribution in [1.29, 1.82) is 0 Å². The number of nitrogens with zero attached hydrogens (tertiary/aromatic N) is 3. The third kappa shape index (κ3) is 3.78. The molecular formula is C19H28N4O2. The number of ether oxygens (including phenoxy) is 1. The highest BCUT2D eigenvalue weighted by Crippen LogP contribution is 2.31. The van der Waals surface area contributed by atoms with Crippen LogP contribution in [-0.2, 0) is 16.0 Å². The van der Waals surface area contributed by atoms with Gasteiger partial charge in [0.25, 0.3) is 0 Å². The van der Waals surface area contributed by atoms with Crippen molar-refractivity contribution >= 4 is 11.9 Å². The predicted molar refractivity (Wildman–Crippen MR) is 95.5 cm³/mol. The Balaban J connectivity index is 1.46. The molecule has 1 aromatic rings. The maximum atomic E-state index is 12.6. The lowest BCUT2D eigenvalue weighted by molar-refractivity contribution is -0.126. The van der Waals surface area contributed by atoms with Gasteiger partial charge in [-0.25, -0.2) is 9.97 Å². The van der Waals surface area contributed by atoms with Gasteiger partial charge >= 0.3 is 0 Å². The van der Waals surface area contributed by atoms with E-state index in [1.54, 1.807) is 0 Å². The first kappa shape index (κ1) is 16.8. The molecule has 1 aromatic heterocycles. The minimum absolute atomic E-state index is 0.0805. The summed E-state index contributed by atoms with van der Waals surface area (Å²) >= 11 is 0. The number of anilines is 1. The number of fused-ring (bicyclic) bond motifs is 1. The maximum absolute atomic E-state index is 12.6. The summed E-state index contributed by atoms with van der Waals surface area (Å²) in [5.41, 5.74) is 2.23. The molecule has 0 unspecified atom stereocenters. The molecule has 136 valence electrons. The smallest absolute Gasteiger partial charge is 0.225 e. The Labute approximate surface area is 149 Å². The summed E-state index contributed by atoms with van der Waals surface area (Å²) in [6.45, 7) is 3.17. The SMILES string of the molecule is O=C(N[C@@H]1CCCc2nc(N3CCOCC3)ncc21)C1CCCCC1. The summed E-state index contributed by atoms with van der Waals surface area (Å²) in [7, 11) is 0. The van der Waals surface area contributed by atoms with Gasteiger partial charge < -0.3 is 15.0 Å². The van der Waals surface area contributed by atoms with Crippen molar-refractivity contribution in [2.45, 2.75) is 57.4 Å². The second-order valence-corrected chi connectivity index (χ2v) is 7.46. The van der Waals surface area contributed by atoms with Crippen LogP contribution in [0, 0.1) is 5.92 Å². The molecule has 6 nitrogen and oxygen atoms in total. The molecule has 2 fully saturated rings.